The molecule has 1 heterocycles. The molecule has 0 amide bonds. The van der Waals surface area contributed by atoms with Gasteiger partial charge in [-0.2, -0.15) is 0 Å². The number of thiophene rings is 1. The Balaban J connectivity index is 2.03. The number of allylic oxidation sites excluding steroid dienone is 1. The van der Waals surface area contributed by atoms with Gasteiger partial charge in [-0.1, -0.05) is 23.7 Å². The predicted octanol–water partition coefficient (Wildman–Crippen LogP) is 4.52. The van der Waals surface area contributed by atoms with E-state index in [1.807, 2.05) is 42.6 Å². The van der Waals surface area contributed by atoms with Gasteiger partial charge in [0.25, 0.3) is 0 Å². The van der Waals surface area contributed by atoms with E-state index in [0.717, 1.165) is 16.1 Å². The number of benzene rings is 1. The number of rotatable bonds is 4. The molecule has 18 heavy (non-hydrogen) atoms. The lowest BCUT2D eigenvalue weighted by molar-refractivity contribution is 0.105. The van der Waals surface area contributed by atoms with Gasteiger partial charge in [0.1, 0.15) is 0 Å². The van der Waals surface area contributed by atoms with Gasteiger partial charge in [-0.15, -0.1) is 11.3 Å². The molecule has 0 bridgehead atoms. The summed E-state index contributed by atoms with van der Waals surface area (Å²) in [6, 6.07) is 9.29. The molecule has 0 radical (unpaired) electrons. The topological polar surface area (TPSA) is 29.1 Å². The van der Waals surface area contributed by atoms with Gasteiger partial charge in [0.2, 0.25) is 0 Å². The van der Waals surface area contributed by atoms with Gasteiger partial charge in [-0.25, -0.2) is 0 Å². The van der Waals surface area contributed by atoms with Crippen molar-refractivity contribution in [3.8, 4) is 0 Å². The standard InChI is InChI=1S/C14H12ClNOS/c1-10-11(15)4-2-5-12(10)16-8-7-13(17)14-6-3-9-18-14/h2-9,16H,1H3/b8-7+. The molecule has 0 saturated carbocycles. The molecule has 92 valence electrons. The molecular formula is C14H12ClNOS. The third-order valence-electron chi connectivity index (χ3n) is 2.51. The average Bonchev–Trinajstić information content (AvgIpc) is 2.88. The average molecular weight is 278 g/mol. The van der Waals surface area contributed by atoms with E-state index in [-0.39, 0.29) is 5.78 Å². The normalized spacial score (nSPS) is 10.8. The van der Waals surface area contributed by atoms with Crippen LogP contribution in [0.2, 0.25) is 5.02 Å². The Labute approximate surface area is 115 Å². The third-order valence-corrected chi connectivity index (χ3v) is 3.80. The summed E-state index contributed by atoms with van der Waals surface area (Å²) in [6.45, 7) is 1.93. The second-order valence-corrected chi connectivity index (χ2v) is 5.09. The van der Waals surface area contributed by atoms with Gasteiger partial charge in [0.05, 0.1) is 4.88 Å². The van der Waals surface area contributed by atoms with E-state index in [9.17, 15) is 4.79 Å². The van der Waals surface area contributed by atoms with Crippen molar-refractivity contribution in [2.45, 2.75) is 6.92 Å². The Morgan fingerprint density at radius 1 is 1.33 bits per heavy atom. The van der Waals surface area contributed by atoms with Crippen molar-refractivity contribution < 1.29 is 4.79 Å². The van der Waals surface area contributed by atoms with Crippen molar-refractivity contribution in [1.29, 1.82) is 0 Å². The maximum absolute atomic E-state index is 11.7. The molecule has 1 N–H and O–H groups in total. The van der Waals surface area contributed by atoms with Gasteiger partial charge >= 0.3 is 0 Å². The van der Waals surface area contributed by atoms with Crippen LogP contribution in [-0.2, 0) is 0 Å². The van der Waals surface area contributed by atoms with Crippen molar-refractivity contribution in [2.75, 3.05) is 5.32 Å². The molecule has 4 heteroatoms. The molecule has 0 aliphatic rings. The lowest BCUT2D eigenvalue weighted by Crippen LogP contribution is -1.95. The Hall–Kier alpha value is -1.58. The second-order valence-electron chi connectivity index (χ2n) is 3.73. The van der Waals surface area contributed by atoms with E-state index in [0.29, 0.717) is 5.02 Å². The summed E-state index contributed by atoms with van der Waals surface area (Å²) < 4.78 is 0. The van der Waals surface area contributed by atoms with Crippen LogP contribution in [-0.4, -0.2) is 5.78 Å². The number of carbonyl (C=O) groups excluding carboxylic acids is 1. The Morgan fingerprint density at radius 2 is 2.17 bits per heavy atom. The van der Waals surface area contributed by atoms with Crippen LogP contribution in [0, 0.1) is 6.92 Å². The van der Waals surface area contributed by atoms with Crippen LogP contribution in [0.25, 0.3) is 0 Å². The van der Waals surface area contributed by atoms with E-state index in [4.69, 9.17) is 11.6 Å². The monoisotopic (exact) mass is 277 g/mol. The number of carbonyl (C=O) groups is 1. The van der Waals surface area contributed by atoms with E-state index in [1.165, 1.54) is 17.4 Å². The van der Waals surface area contributed by atoms with E-state index >= 15 is 0 Å². The van der Waals surface area contributed by atoms with Gasteiger partial charge in [-0.3, -0.25) is 4.79 Å². The lowest BCUT2D eigenvalue weighted by Gasteiger charge is -2.06. The van der Waals surface area contributed by atoms with Crippen LogP contribution in [0.4, 0.5) is 5.69 Å². The summed E-state index contributed by atoms with van der Waals surface area (Å²) in [5.41, 5.74) is 1.87. The maximum Gasteiger partial charge on any atom is 0.197 e. The first-order valence-electron chi connectivity index (χ1n) is 5.44. The van der Waals surface area contributed by atoms with Crippen LogP contribution in [0.1, 0.15) is 15.2 Å². The SMILES string of the molecule is Cc1c(Cl)cccc1N/C=C/C(=O)c1cccs1. The molecule has 2 nitrogen and oxygen atoms in total. The first kappa shape index (κ1) is 12.9. The zero-order valence-electron chi connectivity index (χ0n) is 9.81. The third kappa shape index (κ3) is 3.00. The highest BCUT2D eigenvalue weighted by Gasteiger charge is 2.02. The maximum atomic E-state index is 11.7. The van der Waals surface area contributed by atoms with Gasteiger partial charge < -0.3 is 5.32 Å². The number of hydrogen-bond acceptors (Lipinski definition) is 3. The van der Waals surface area contributed by atoms with Crippen LogP contribution < -0.4 is 5.32 Å². The highest BCUT2D eigenvalue weighted by molar-refractivity contribution is 7.12. The predicted molar refractivity (Wildman–Crippen MR) is 77.6 cm³/mol. The molecule has 2 rings (SSSR count). The van der Waals surface area contributed by atoms with E-state index in [1.54, 1.807) is 6.20 Å². The van der Waals surface area contributed by atoms with Gasteiger partial charge in [0.15, 0.2) is 5.78 Å². The van der Waals surface area contributed by atoms with Crippen LogP contribution >= 0.6 is 22.9 Å². The molecule has 0 spiro atoms. The quantitative estimate of drug-likeness (QED) is 0.658. The van der Waals surface area contributed by atoms with Crippen molar-refractivity contribution in [2.24, 2.45) is 0 Å². The molecule has 0 aliphatic heterocycles. The highest BCUT2D eigenvalue weighted by atomic mass is 35.5. The number of hydrogen-bond donors (Lipinski definition) is 1. The number of nitrogens with one attached hydrogen (secondary N) is 1. The Kier molecular flexibility index (Phi) is 4.18. The fraction of sp³-hybridized carbons (Fsp3) is 0.0714. The largest absolute Gasteiger partial charge is 0.361 e. The zero-order chi connectivity index (χ0) is 13.0. The molecule has 1 aromatic carbocycles. The van der Waals surface area contributed by atoms with Crippen molar-refractivity contribution in [3.63, 3.8) is 0 Å². The minimum atomic E-state index is -0.00261. The molecule has 0 aliphatic carbocycles. The molecule has 1 aromatic heterocycles. The van der Waals surface area contributed by atoms with E-state index in [2.05, 4.69) is 5.32 Å². The summed E-state index contributed by atoms with van der Waals surface area (Å²) in [5.74, 6) is -0.00261. The van der Waals surface area contributed by atoms with Gasteiger partial charge in [0, 0.05) is 23.0 Å². The summed E-state index contributed by atoms with van der Waals surface area (Å²) in [7, 11) is 0. The second kappa shape index (κ2) is 5.85. The number of halogens is 1. The first-order chi connectivity index (χ1) is 8.68. The van der Waals surface area contributed by atoms with Crippen LogP contribution in [0.5, 0.6) is 0 Å². The van der Waals surface area contributed by atoms with E-state index < -0.39 is 0 Å². The number of anilines is 1. The van der Waals surface area contributed by atoms with Crippen molar-refractivity contribution in [1.82, 2.24) is 0 Å². The summed E-state index contributed by atoms with van der Waals surface area (Å²) in [6.07, 6.45) is 3.16. The van der Waals surface area contributed by atoms with Crippen molar-refractivity contribution >= 4 is 34.4 Å². The summed E-state index contributed by atoms with van der Waals surface area (Å²) in [4.78, 5) is 12.4. The molecule has 0 unspecified atom stereocenters. The molecule has 0 atom stereocenters. The molecule has 2 aromatic rings. The molecular weight excluding hydrogens is 266 g/mol. The van der Waals surface area contributed by atoms with Gasteiger partial charge in [-0.05, 0) is 36.1 Å². The van der Waals surface area contributed by atoms with Crippen LogP contribution in [0.15, 0.2) is 48.0 Å². The minimum Gasteiger partial charge on any atom is -0.361 e. The van der Waals surface area contributed by atoms with Crippen LogP contribution in [0.3, 0.4) is 0 Å². The van der Waals surface area contributed by atoms with Crippen molar-refractivity contribution in [3.05, 3.63) is 63.5 Å². The fourth-order valence-electron chi connectivity index (χ4n) is 1.47. The zero-order valence-corrected chi connectivity index (χ0v) is 11.4. The smallest absolute Gasteiger partial charge is 0.197 e. The Morgan fingerprint density at radius 3 is 2.89 bits per heavy atom. The first-order valence-corrected chi connectivity index (χ1v) is 6.70. The minimum absolute atomic E-state index is 0.00261. The summed E-state index contributed by atoms with van der Waals surface area (Å²) >= 11 is 7.44. The summed E-state index contributed by atoms with van der Waals surface area (Å²) in [5, 5.41) is 5.66. The molecule has 0 saturated heterocycles. The lowest BCUT2D eigenvalue weighted by atomic mass is 10.2. The highest BCUT2D eigenvalue weighted by Crippen LogP contribution is 2.22. The number of ketones is 1. The fourth-order valence-corrected chi connectivity index (χ4v) is 2.29. The molecule has 0 fully saturated rings. The Bertz CT molecular complexity index is 575.